The molecule has 0 aromatic heterocycles. The molecule has 1 fully saturated rings. The van der Waals surface area contributed by atoms with Crippen LogP contribution in [-0.4, -0.2) is 13.0 Å². The van der Waals surface area contributed by atoms with Gasteiger partial charge in [-0.2, -0.15) is 0 Å². The molecule has 1 aliphatic carbocycles. The Morgan fingerprint density at radius 3 is 2.78 bits per heavy atom. The summed E-state index contributed by atoms with van der Waals surface area (Å²) in [5, 5.41) is 2.97. The average Bonchev–Trinajstić information content (AvgIpc) is 2.95. The first-order chi connectivity index (χ1) is 8.79. The fraction of sp³-hybridized carbons (Fsp3) is 0.357. The molecule has 0 bridgehead atoms. The quantitative estimate of drug-likeness (QED) is 0.634. The number of fused-ring (bicyclic) bond motifs is 1. The number of amides is 1. The topological polar surface area (TPSA) is 41.1 Å². The molecule has 1 aromatic carbocycles. The summed E-state index contributed by atoms with van der Waals surface area (Å²) < 4.78 is 3.07. The van der Waals surface area contributed by atoms with Crippen LogP contribution in [0, 0.1) is 0 Å². The zero-order valence-corrected chi connectivity index (χ0v) is 11.2. The smallest absolute Gasteiger partial charge is 0.256 e. The van der Waals surface area contributed by atoms with Crippen molar-refractivity contribution >= 4 is 29.1 Å². The van der Waals surface area contributed by atoms with Gasteiger partial charge in [-0.1, -0.05) is 5.57 Å². The van der Waals surface area contributed by atoms with E-state index in [0.29, 0.717) is 0 Å². The van der Waals surface area contributed by atoms with Gasteiger partial charge in [0, 0.05) is 21.7 Å². The van der Waals surface area contributed by atoms with Crippen LogP contribution in [0.1, 0.15) is 31.2 Å². The molecule has 0 atom stereocenters. The average molecular weight is 260 g/mol. The lowest BCUT2D eigenvalue weighted by Gasteiger charge is -2.05. The molecule has 3 nitrogen and oxygen atoms in total. The van der Waals surface area contributed by atoms with Gasteiger partial charge in [0.05, 0.1) is 0 Å². The molecule has 2 N–H and O–H groups in total. The maximum atomic E-state index is 12.1. The van der Waals surface area contributed by atoms with Gasteiger partial charge in [0.15, 0.2) is 0 Å². The summed E-state index contributed by atoms with van der Waals surface area (Å²) in [5.41, 5.74) is 4.30. The van der Waals surface area contributed by atoms with Crippen LogP contribution in [0.4, 0.5) is 5.69 Å². The molecular weight excluding hydrogens is 244 g/mol. The molecule has 1 saturated carbocycles. The summed E-state index contributed by atoms with van der Waals surface area (Å²) in [6.45, 7) is 0. The Morgan fingerprint density at radius 1 is 1.28 bits per heavy atom. The zero-order chi connectivity index (χ0) is 12.5. The van der Waals surface area contributed by atoms with Gasteiger partial charge in [0.25, 0.3) is 5.91 Å². The van der Waals surface area contributed by atoms with Crippen molar-refractivity contribution in [2.24, 2.45) is 0 Å². The Balaban J connectivity index is 2.07. The van der Waals surface area contributed by atoms with E-state index < -0.39 is 0 Å². The molecule has 1 aliphatic heterocycles. The summed E-state index contributed by atoms with van der Waals surface area (Å²) in [6, 6.07) is 6.13. The molecule has 2 aliphatic rings. The Labute approximate surface area is 111 Å². The van der Waals surface area contributed by atoms with E-state index >= 15 is 0 Å². The van der Waals surface area contributed by atoms with Gasteiger partial charge in [-0.15, -0.1) is 0 Å². The van der Waals surface area contributed by atoms with Gasteiger partial charge >= 0.3 is 0 Å². The first-order valence-electron chi connectivity index (χ1n) is 6.31. The van der Waals surface area contributed by atoms with E-state index in [0.717, 1.165) is 34.6 Å². The molecule has 0 radical (unpaired) electrons. The number of rotatable bonds is 2. The minimum Gasteiger partial charge on any atom is -0.321 e. The van der Waals surface area contributed by atoms with Crippen LogP contribution in [0.5, 0.6) is 0 Å². The molecule has 4 heteroatoms. The van der Waals surface area contributed by atoms with E-state index in [1.165, 1.54) is 18.4 Å². The number of hydrogen-bond acceptors (Lipinski definition) is 3. The van der Waals surface area contributed by atoms with Gasteiger partial charge in [0.2, 0.25) is 0 Å². The number of carbonyl (C=O) groups excluding carboxylic acids is 1. The lowest BCUT2D eigenvalue weighted by atomic mass is 10.00. The minimum absolute atomic E-state index is 0.0773. The minimum atomic E-state index is 0.0773. The third-order valence-electron chi connectivity index (χ3n) is 3.52. The Morgan fingerprint density at radius 2 is 2.06 bits per heavy atom. The van der Waals surface area contributed by atoms with Crippen molar-refractivity contribution in [2.45, 2.75) is 30.6 Å². The molecule has 0 saturated heterocycles. The highest BCUT2D eigenvalue weighted by Gasteiger charge is 2.28. The first kappa shape index (κ1) is 11.8. The van der Waals surface area contributed by atoms with Crippen molar-refractivity contribution < 1.29 is 4.79 Å². The van der Waals surface area contributed by atoms with E-state index in [4.69, 9.17) is 0 Å². The molecule has 0 spiro atoms. The Bertz CT molecular complexity index is 529. The second-order valence-corrected chi connectivity index (χ2v) is 5.74. The highest BCUT2D eigenvalue weighted by Crippen LogP contribution is 2.40. The molecule has 94 valence electrons. The van der Waals surface area contributed by atoms with Crippen LogP contribution >= 0.6 is 11.9 Å². The molecule has 18 heavy (non-hydrogen) atoms. The fourth-order valence-electron chi connectivity index (χ4n) is 2.73. The zero-order valence-electron chi connectivity index (χ0n) is 10.4. The third-order valence-corrected chi connectivity index (χ3v) is 4.21. The van der Waals surface area contributed by atoms with Crippen molar-refractivity contribution in [3.63, 3.8) is 0 Å². The summed E-state index contributed by atoms with van der Waals surface area (Å²) in [6.07, 6.45) is 4.58. The van der Waals surface area contributed by atoms with Gasteiger partial charge in [0.1, 0.15) is 0 Å². The number of carbonyl (C=O) groups is 1. The summed E-state index contributed by atoms with van der Waals surface area (Å²) in [7, 11) is 1.90. The Hall–Kier alpha value is -1.26. The van der Waals surface area contributed by atoms with Crippen molar-refractivity contribution in [1.29, 1.82) is 0 Å². The van der Waals surface area contributed by atoms with Crippen molar-refractivity contribution in [3.05, 3.63) is 29.3 Å². The maximum Gasteiger partial charge on any atom is 0.256 e. The van der Waals surface area contributed by atoms with Crippen LogP contribution in [-0.2, 0) is 4.79 Å². The number of anilines is 1. The van der Waals surface area contributed by atoms with E-state index in [-0.39, 0.29) is 5.91 Å². The molecule has 1 heterocycles. The van der Waals surface area contributed by atoms with Gasteiger partial charge < -0.3 is 5.32 Å². The summed E-state index contributed by atoms with van der Waals surface area (Å²) in [4.78, 5) is 13.2. The first-order valence-corrected chi connectivity index (χ1v) is 7.12. The van der Waals surface area contributed by atoms with Crippen molar-refractivity contribution in [3.8, 4) is 0 Å². The monoisotopic (exact) mass is 260 g/mol. The van der Waals surface area contributed by atoms with Gasteiger partial charge in [-0.3, -0.25) is 9.52 Å². The number of allylic oxidation sites excluding steroid dienone is 1. The lowest BCUT2D eigenvalue weighted by molar-refractivity contribution is -0.110. The molecule has 1 aromatic rings. The second-order valence-electron chi connectivity index (χ2n) is 4.65. The van der Waals surface area contributed by atoms with Gasteiger partial charge in [-0.05, 0) is 62.9 Å². The normalized spacial score (nSPS) is 18.2. The largest absolute Gasteiger partial charge is 0.321 e. The molecular formula is C14H16N2OS. The highest BCUT2D eigenvalue weighted by molar-refractivity contribution is 7.97. The predicted octanol–water partition coefficient (Wildman–Crippen LogP) is 3.19. The van der Waals surface area contributed by atoms with Gasteiger partial charge in [-0.25, -0.2) is 0 Å². The van der Waals surface area contributed by atoms with E-state index in [9.17, 15) is 4.79 Å². The number of nitrogens with one attached hydrogen (secondary N) is 2. The molecule has 3 rings (SSSR count). The SMILES string of the molecule is CNSc1ccc2c(c1)C(=C1CCCC1)C(=O)N2. The standard InChI is InChI=1S/C14H16N2OS/c1-15-18-10-6-7-12-11(8-10)13(14(17)16-12)9-4-2-3-5-9/h6-8,15H,2-5H2,1H3,(H,16,17). The molecule has 1 amide bonds. The summed E-state index contributed by atoms with van der Waals surface area (Å²) in [5.74, 6) is 0.0773. The van der Waals surface area contributed by atoms with Crippen LogP contribution in [0.25, 0.3) is 5.57 Å². The van der Waals surface area contributed by atoms with Crippen LogP contribution in [0.15, 0.2) is 28.7 Å². The lowest BCUT2D eigenvalue weighted by Crippen LogP contribution is -2.05. The summed E-state index contributed by atoms with van der Waals surface area (Å²) >= 11 is 1.58. The van der Waals surface area contributed by atoms with Crippen LogP contribution < -0.4 is 10.0 Å². The second kappa shape index (κ2) is 4.78. The van der Waals surface area contributed by atoms with Crippen molar-refractivity contribution in [2.75, 3.05) is 12.4 Å². The predicted molar refractivity (Wildman–Crippen MR) is 75.4 cm³/mol. The third kappa shape index (κ3) is 1.95. The van der Waals surface area contributed by atoms with E-state index in [2.05, 4.69) is 16.1 Å². The number of benzene rings is 1. The maximum absolute atomic E-state index is 12.1. The van der Waals surface area contributed by atoms with E-state index in [1.54, 1.807) is 11.9 Å². The van der Waals surface area contributed by atoms with Crippen molar-refractivity contribution in [1.82, 2.24) is 4.72 Å². The van der Waals surface area contributed by atoms with Crippen LogP contribution in [0.2, 0.25) is 0 Å². The Kier molecular flexibility index (Phi) is 3.14. The van der Waals surface area contributed by atoms with E-state index in [1.807, 2.05) is 19.2 Å². The van der Waals surface area contributed by atoms with Crippen LogP contribution in [0.3, 0.4) is 0 Å². The molecule has 0 unspecified atom stereocenters. The highest BCUT2D eigenvalue weighted by atomic mass is 32.2. The number of hydrogen-bond donors (Lipinski definition) is 2. The fourth-order valence-corrected chi connectivity index (χ4v) is 3.28.